The third kappa shape index (κ3) is 5.07. The number of benzene rings is 3. The fourth-order valence-corrected chi connectivity index (χ4v) is 4.84. The van der Waals surface area contributed by atoms with Crippen molar-refractivity contribution in [2.24, 2.45) is 0 Å². The molecule has 3 aromatic carbocycles. The van der Waals surface area contributed by atoms with Gasteiger partial charge in [-0.1, -0.05) is 48.5 Å². The molecule has 6 aromatic rings. The minimum atomic E-state index is -0.567. The third-order valence-electron chi connectivity index (χ3n) is 7.03. The van der Waals surface area contributed by atoms with Crippen LogP contribution in [0.5, 0.6) is 5.75 Å². The molecule has 0 unspecified atom stereocenters. The molecule has 206 valence electrons. The molecule has 0 radical (unpaired) electrons. The second-order valence-electron chi connectivity index (χ2n) is 9.66. The number of H-pyrrole nitrogens is 1. The lowest BCUT2D eigenvalue weighted by Crippen LogP contribution is -2.40. The quantitative estimate of drug-likeness (QED) is 0.294. The van der Waals surface area contributed by atoms with Crippen molar-refractivity contribution >= 4 is 11.0 Å². The highest BCUT2D eigenvalue weighted by Crippen LogP contribution is 2.23. The Balaban J connectivity index is 1.45. The van der Waals surface area contributed by atoms with Crippen molar-refractivity contribution in [3.05, 3.63) is 140 Å². The van der Waals surface area contributed by atoms with E-state index in [0.717, 1.165) is 10.1 Å². The van der Waals surface area contributed by atoms with Crippen molar-refractivity contribution in [2.45, 2.75) is 19.6 Å². The predicted molar refractivity (Wildman–Crippen MR) is 151 cm³/mol. The van der Waals surface area contributed by atoms with Crippen LogP contribution in [0.4, 0.5) is 8.78 Å². The number of methoxy groups -OCH3 is 1. The summed E-state index contributed by atoms with van der Waals surface area (Å²) in [5, 5.41) is 4.35. The van der Waals surface area contributed by atoms with E-state index in [2.05, 4.69) is 10.1 Å². The summed E-state index contributed by atoms with van der Waals surface area (Å²) in [7, 11) is 1.57. The number of hydrogen-bond donors (Lipinski definition) is 1. The molecule has 8 nitrogen and oxygen atoms in total. The maximum atomic E-state index is 14.5. The number of ether oxygens (including phenoxy) is 1. The molecule has 41 heavy (non-hydrogen) atoms. The van der Waals surface area contributed by atoms with Crippen molar-refractivity contribution in [3.8, 4) is 17.0 Å². The Kier molecular flexibility index (Phi) is 6.80. The van der Waals surface area contributed by atoms with Crippen LogP contribution in [0.15, 0.2) is 101 Å². The summed E-state index contributed by atoms with van der Waals surface area (Å²) >= 11 is 0. The SMILES string of the molecule is COc1ccc(Cn2c(=O)n(Cc3ccccc3F)c(=O)c3[nH]c(-c4cnn(Cc5ccccc5F)c4)cc32)cc1. The first-order chi connectivity index (χ1) is 19.9. The van der Waals surface area contributed by atoms with Gasteiger partial charge in [-0.25, -0.2) is 13.6 Å². The van der Waals surface area contributed by atoms with E-state index in [0.29, 0.717) is 28.1 Å². The summed E-state index contributed by atoms with van der Waals surface area (Å²) in [5.41, 5.74) is 2.21. The van der Waals surface area contributed by atoms with Gasteiger partial charge in [-0.2, -0.15) is 5.10 Å². The van der Waals surface area contributed by atoms with Gasteiger partial charge >= 0.3 is 5.69 Å². The van der Waals surface area contributed by atoms with E-state index in [1.165, 1.54) is 16.7 Å². The molecule has 0 amide bonds. The lowest BCUT2D eigenvalue weighted by Gasteiger charge is -2.13. The number of nitrogens with zero attached hydrogens (tertiary/aromatic N) is 4. The number of aromatic amines is 1. The van der Waals surface area contributed by atoms with E-state index >= 15 is 0 Å². The Labute approximate surface area is 232 Å². The van der Waals surface area contributed by atoms with Gasteiger partial charge in [0, 0.05) is 22.9 Å². The topological polar surface area (TPSA) is 86.8 Å². The molecule has 0 saturated carbocycles. The summed E-state index contributed by atoms with van der Waals surface area (Å²) in [4.78, 5) is 30.5. The van der Waals surface area contributed by atoms with Crippen LogP contribution in [-0.2, 0) is 19.6 Å². The molecule has 10 heteroatoms. The van der Waals surface area contributed by atoms with E-state index in [9.17, 15) is 18.4 Å². The minimum Gasteiger partial charge on any atom is -0.497 e. The first-order valence-electron chi connectivity index (χ1n) is 12.9. The maximum Gasteiger partial charge on any atom is 0.332 e. The Bertz CT molecular complexity index is 1990. The van der Waals surface area contributed by atoms with E-state index in [1.54, 1.807) is 78.8 Å². The zero-order valence-electron chi connectivity index (χ0n) is 22.1. The lowest BCUT2D eigenvalue weighted by atomic mass is 10.2. The van der Waals surface area contributed by atoms with Crippen molar-refractivity contribution in [1.82, 2.24) is 23.9 Å². The second-order valence-corrected chi connectivity index (χ2v) is 9.66. The third-order valence-corrected chi connectivity index (χ3v) is 7.03. The van der Waals surface area contributed by atoms with Crippen molar-refractivity contribution in [1.29, 1.82) is 0 Å². The zero-order chi connectivity index (χ0) is 28.5. The van der Waals surface area contributed by atoms with Crippen LogP contribution >= 0.6 is 0 Å². The normalized spacial score (nSPS) is 11.3. The van der Waals surface area contributed by atoms with Gasteiger partial charge in [0.05, 0.1) is 44.2 Å². The highest BCUT2D eigenvalue weighted by atomic mass is 19.1. The summed E-state index contributed by atoms with van der Waals surface area (Å²) in [5.74, 6) is -0.157. The Hall–Kier alpha value is -5.25. The van der Waals surface area contributed by atoms with Gasteiger partial charge in [0.2, 0.25) is 0 Å². The van der Waals surface area contributed by atoms with Crippen molar-refractivity contribution in [3.63, 3.8) is 0 Å². The summed E-state index contributed by atoms with van der Waals surface area (Å²) in [6, 6.07) is 21.5. The van der Waals surface area contributed by atoms with E-state index in [4.69, 9.17) is 4.74 Å². The van der Waals surface area contributed by atoms with Crippen molar-refractivity contribution in [2.75, 3.05) is 7.11 Å². The highest BCUT2D eigenvalue weighted by Gasteiger charge is 2.19. The molecule has 0 aliphatic carbocycles. The van der Waals surface area contributed by atoms with Gasteiger partial charge < -0.3 is 9.72 Å². The van der Waals surface area contributed by atoms with Crippen molar-refractivity contribution < 1.29 is 13.5 Å². The molecule has 0 fully saturated rings. The minimum absolute atomic E-state index is 0.167. The number of fused-ring (bicyclic) bond motifs is 1. The summed E-state index contributed by atoms with van der Waals surface area (Å²) < 4.78 is 38.0. The van der Waals surface area contributed by atoms with Gasteiger partial charge in [0.1, 0.15) is 22.9 Å². The molecule has 3 aromatic heterocycles. The molecule has 1 N–H and O–H groups in total. The van der Waals surface area contributed by atoms with Crippen LogP contribution in [-0.4, -0.2) is 31.0 Å². The van der Waals surface area contributed by atoms with E-state index in [-0.39, 0.29) is 36.5 Å². The number of rotatable bonds is 8. The van der Waals surface area contributed by atoms with Crippen LogP contribution in [0.25, 0.3) is 22.3 Å². The number of nitrogens with one attached hydrogen (secondary N) is 1. The molecule has 0 spiro atoms. The first-order valence-corrected chi connectivity index (χ1v) is 12.9. The van der Waals surface area contributed by atoms with Gasteiger partial charge in [-0.05, 0) is 35.9 Å². The standard InChI is InChI=1S/C31H25F2N5O3/c1-41-24-12-10-20(11-13-24)16-37-28-14-27(23-15-34-36(18-23)17-21-6-2-4-8-25(21)32)35-29(28)30(39)38(31(37)40)19-22-7-3-5-9-26(22)33/h2-15,18,35H,16-17,19H2,1H3. The fraction of sp³-hybridized carbons (Fsp3) is 0.129. The average molecular weight is 554 g/mol. The molecule has 0 aliphatic heterocycles. The Morgan fingerprint density at radius 2 is 1.49 bits per heavy atom. The monoisotopic (exact) mass is 553 g/mol. The maximum absolute atomic E-state index is 14.5. The molecule has 0 bridgehead atoms. The average Bonchev–Trinajstić information content (AvgIpc) is 3.64. The van der Waals surface area contributed by atoms with Crippen LogP contribution in [0, 0.1) is 11.6 Å². The van der Waals surface area contributed by atoms with Crippen LogP contribution in [0.2, 0.25) is 0 Å². The molecule has 0 atom stereocenters. The van der Waals surface area contributed by atoms with Crippen LogP contribution in [0.3, 0.4) is 0 Å². The molecule has 6 rings (SSSR count). The molecular formula is C31H25F2N5O3. The van der Waals surface area contributed by atoms with Gasteiger partial charge in [0.15, 0.2) is 0 Å². The first kappa shape index (κ1) is 26.0. The van der Waals surface area contributed by atoms with Gasteiger partial charge in [-0.3, -0.25) is 18.6 Å². The van der Waals surface area contributed by atoms with Gasteiger partial charge in [-0.15, -0.1) is 0 Å². The lowest BCUT2D eigenvalue weighted by molar-refractivity contribution is 0.414. The largest absolute Gasteiger partial charge is 0.497 e. The Morgan fingerprint density at radius 1 is 0.829 bits per heavy atom. The summed E-state index contributed by atoms with van der Waals surface area (Å²) in [6.45, 7) is 0.170. The van der Waals surface area contributed by atoms with Crippen LogP contribution < -0.4 is 16.0 Å². The number of halogens is 2. The van der Waals surface area contributed by atoms with Gasteiger partial charge in [0.25, 0.3) is 5.56 Å². The highest BCUT2D eigenvalue weighted by molar-refractivity contribution is 5.82. The smallest absolute Gasteiger partial charge is 0.332 e. The molecular weight excluding hydrogens is 528 g/mol. The molecule has 0 saturated heterocycles. The summed E-state index contributed by atoms with van der Waals surface area (Å²) in [6.07, 6.45) is 3.34. The van der Waals surface area contributed by atoms with E-state index < -0.39 is 17.1 Å². The zero-order valence-corrected chi connectivity index (χ0v) is 22.1. The molecule has 0 aliphatic rings. The van der Waals surface area contributed by atoms with E-state index in [1.807, 2.05) is 12.1 Å². The Morgan fingerprint density at radius 3 is 2.15 bits per heavy atom. The fourth-order valence-electron chi connectivity index (χ4n) is 4.84. The number of aromatic nitrogens is 5. The predicted octanol–water partition coefficient (Wildman–Crippen LogP) is 4.79. The number of hydrogen-bond acceptors (Lipinski definition) is 4. The second kappa shape index (κ2) is 10.7. The molecule has 3 heterocycles. The van der Waals surface area contributed by atoms with Crippen LogP contribution in [0.1, 0.15) is 16.7 Å².